The molecule has 2 amide bonds. The van der Waals surface area contributed by atoms with Crippen LogP contribution in [-0.4, -0.2) is 41.6 Å². The molecule has 0 saturated carbocycles. The molecule has 1 aromatic heterocycles. The molecule has 0 aliphatic heterocycles. The Morgan fingerprint density at radius 1 is 1.12 bits per heavy atom. The Hall–Kier alpha value is -3.68. The van der Waals surface area contributed by atoms with Crippen LogP contribution < -0.4 is 10.6 Å². The number of para-hydroxylation sites is 1. The summed E-state index contributed by atoms with van der Waals surface area (Å²) < 4.78 is 5.01. The highest BCUT2D eigenvalue weighted by Crippen LogP contribution is 2.16. The highest BCUT2D eigenvalue weighted by Gasteiger charge is 2.16. The first kappa shape index (κ1) is 17.2. The number of aromatic amines is 1. The van der Waals surface area contributed by atoms with E-state index in [0.29, 0.717) is 22.2 Å². The van der Waals surface area contributed by atoms with Gasteiger partial charge in [0.05, 0.1) is 5.52 Å². The molecule has 2 aromatic carbocycles. The van der Waals surface area contributed by atoms with Crippen molar-refractivity contribution in [3.63, 3.8) is 0 Å². The average Bonchev–Trinajstić information content (AvgIpc) is 3.10. The topological polar surface area (TPSA) is 113 Å². The predicted molar refractivity (Wildman–Crippen MR) is 94.8 cm³/mol. The minimum atomic E-state index is -0.697. The molecule has 0 spiro atoms. The number of nitrogens with one attached hydrogen (secondary N) is 3. The van der Waals surface area contributed by atoms with E-state index in [1.54, 1.807) is 36.4 Å². The summed E-state index contributed by atoms with van der Waals surface area (Å²) in [6, 6.07) is 13.5. The van der Waals surface area contributed by atoms with Gasteiger partial charge in [-0.1, -0.05) is 24.3 Å². The van der Waals surface area contributed by atoms with Crippen LogP contribution in [0.3, 0.4) is 0 Å². The van der Waals surface area contributed by atoms with Gasteiger partial charge in [0, 0.05) is 23.7 Å². The lowest BCUT2D eigenvalue weighted by molar-refractivity contribution is -0.119. The molecule has 26 heavy (non-hydrogen) atoms. The van der Waals surface area contributed by atoms with Crippen molar-refractivity contribution < 1.29 is 19.1 Å². The van der Waals surface area contributed by atoms with E-state index in [1.807, 2.05) is 6.07 Å². The van der Waals surface area contributed by atoms with Gasteiger partial charge < -0.3 is 15.4 Å². The molecular formula is C18H16N4O4. The lowest BCUT2D eigenvalue weighted by atomic mass is 10.2. The fourth-order valence-corrected chi connectivity index (χ4v) is 2.40. The van der Waals surface area contributed by atoms with Crippen LogP contribution in [0.2, 0.25) is 0 Å². The van der Waals surface area contributed by atoms with Crippen molar-refractivity contribution in [2.45, 2.75) is 0 Å². The van der Waals surface area contributed by atoms with Crippen LogP contribution in [0.1, 0.15) is 20.8 Å². The predicted octanol–water partition coefficient (Wildman–Crippen LogP) is 1.72. The van der Waals surface area contributed by atoms with E-state index in [4.69, 9.17) is 4.74 Å². The van der Waals surface area contributed by atoms with E-state index in [1.165, 1.54) is 13.1 Å². The molecule has 0 atom stereocenters. The Kier molecular flexibility index (Phi) is 4.93. The number of esters is 1. The number of benzene rings is 2. The Labute approximate surface area is 148 Å². The van der Waals surface area contributed by atoms with Gasteiger partial charge in [-0.15, -0.1) is 0 Å². The lowest BCUT2D eigenvalue weighted by Gasteiger charge is -2.07. The molecule has 3 aromatic rings. The number of ether oxygens (including phenoxy) is 1. The van der Waals surface area contributed by atoms with Crippen LogP contribution in [0, 0.1) is 0 Å². The molecule has 0 unspecified atom stereocenters. The fraction of sp³-hybridized carbons (Fsp3) is 0.111. The van der Waals surface area contributed by atoms with Gasteiger partial charge in [-0.2, -0.15) is 5.10 Å². The fourth-order valence-electron chi connectivity index (χ4n) is 2.40. The first-order chi connectivity index (χ1) is 12.6. The van der Waals surface area contributed by atoms with Gasteiger partial charge in [0.25, 0.3) is 11.8 Å². The van der Waals surface area contributed by atoms with Crippen molar-refractivity contribution in [1.29, 1.82) is 0 Å². The van der Waals surface area contributed by atoms with Crippen LogP contribution in [0.4, 0.5) is 5.69 Å². The first-order valence-corrected chi connectivity index (χ1v) is 7.80. The summed E-state index contributed by atoms with van der Waals surface area (Å²) in [7, 11) is 1.52. The summed E-state index contributed by atoms with van der Waals surface area (Å²) in [6.07, 6.45) is 0. The Morgan fingerprint density at radius 2 is 1.92 bits per heavy atom. The molecule has 8 nitrogen and oxygen atoms in total. The quantitative estimate of drug-likeness (QED) is 0.605. The van der Waals surface area contributed by atoms with Crippen molar-refractivity contribution in [2.24, 2.45) is 0 Å². The van der Waals surface area contributed by atoms with Crippen LogP contribution in [0.15, 0.2) is 48.5 Å². The molecule has 3 rings (SSSR count). The second-order valence-corrected chi connectivity index (χ2v) is 5.40. The van der Waals surface area contributed by atoms with Gasteiger partial charge in [0.15, 0.2) is 12.3 Å². The number of hydrogen-bond donors (Lipinski definition) is 3. The van der Waals surface area contributed by atoms with Crippen molar-refractivity contribution in [3.05, 3.63) is 59.8 Å². The summed E-state index contributed by atoms with van der Waals surface area (Å²) in [4.78, 5) is 35.7. The maximum Gasteiger partial charge on any atom is 0.359 e. The molecule has 0 fully saturated rings. The van der Waals surface area contributed by atoms with Gasteiger partial charge in [0.1, 0.15) is 0 Å². The van der Waals surface area contributed by atoms with Gasteiger partial charge in [-0.25, -0.2) is 4.79 Å². The largest absolute Gasteiger partial charge is 0.451 e. The minimum Gasteiger partial charge on any atom is -0.451 e. The van der Waals surface area contributed by atoms with Crippen molar-refractivity contribution in [3.8, 4) is 0 Å². The monoisotopic (exact) mass is 352 g/mol. The highest BCUT2D eigenvalue weighted by molar-refractivity contribution is 6.03. The Bertz CT molecular complexity index is 980. The van der Waals surface area contributed by atoms with E-state index in [2.05, 4.69) is 20.8 Å². The smallest absolute Gasteiger partial charge is 0.359 e. The van der Waals surface area contributed by atoms with Crippen LogP contribution in [0.25, 0.3) is 10.9 Å². The van der Waals surface area contributed by atoms with Gasteiger partial charge >= 0.3 is 5.97 Å². The summed E-state index contributed by atoms with van der Waals surface area (Å²) in [5, 5.41) is 12.3. The molecule has 3 N–H and O–H groups in total. The van der Waals surface area contributed by atoms with Gasteiger partial charge in [0.2, 0.25) is 0 Å². The Balaban J connectivity index is 1.60. The zero-order valence-corrected chi connectivity index (χ0v) is 13.9. The van der Waals surface area contributed by atoms with E-state index in [-0.39, 0.29) is 11.6 Å². The van der Waals surface area contributed by atoms with Crippen LogP contribution in [-0.2, 0) is 9.53 Å². The molecule has 1 heterocycles. The second-order valence-electron chi connectivity index (χ2n) is 5.40. The number of hydrogen-bond acceptors (Lipinski definition) is 5. The summed E-state index contributed by atoms with van der Waals surface area (Å²) >= 11 is 0. The molecule has 0 bridgehead atoms. The molecule has 8 heteroatoms. The van der Waals surface area contributed by atoms with E-state index < -0.39 is 18.5 Å². The number of carbonyl (C=O) groups excluding carboxylic acids is 3. The number of amides is 2. The van der Waals surface area contributed by atoms with Crippen LogP contribution >= 0.6 is 0 Å². The highest BCUT2D eigenvalue weighted by atomic mass is 16.5. The van der Waals surface area contributed by atoms with Gasteiger partial charge in [-0.3, -0.25) is 14.7 Å². The van der Waals surface area contributed by atoms with Crippen molar-refractivity contribution in [1.82, 2.24) is 15.5 Å². The molecule has 0 aliphatic carbocycles. The third-order valence-electron chi connectivity index (χ3n) is 3.63. The first-order valence-electron chi connectivity index (χ1n) is 7.80. The van der Waals surface area contributed by atoms with E-state index >= 15 is 0 Å². The summed E-state index contributed by atoms with van der Waals surface area (Å²) in [5.74, 6) is -1.48. The third-order valence-corrected chi connectivity index (χ3v) is 3.63. The van der Waals surface area contributed by atoms with E-state index in [9.17, 15) is 14.4 Å². The molecule has 132 valence electrons. The van der Waals surface area contributed by atoms with Crippen molar-refractivity contribution >= 4 is 34.4 Å². The van der Waals surface area contributed by atoms with Crippen LogP contribution in [0.5, 0.6) is 0 Å². The number of H-pyrrole nitrogens is 1. The number of carbonyl (C=O) groups is 3. The number of nitrogens with zero attached hydrogens (tertiary/aromatic N) is 1. The Morgan fingerprint density at radius 3 is 2.73 bits per heavy atom. The number of rotatable bonds is 5. The zero-order chi connectivity index (χ0) is 18.5. The van der Waals surface area contributed by atoms with E-state index in [0.717, 1.165) is 0 Å². The lowest BCUT2D eigenvalue weighted by Crippen LogP contribution is -2.22. The molecule has 0 radical (unpaired) electrons. The summed E-state index contributed by atoms with van der Waals surface area (Å²) in [6.45, 7) is -0.468. The number of anilines is 1. The normalized spacial score (nSPS) is 10.3. The standard InChI is InChI=1S/C18H16N4O4/c1-19-17(24)11-5-4-6-12(9-11)20-15(23)10-26-18(25)16-13-7-2-3-8-14(13)21-22-16/h2-9H,10H2,1H3,(H,19,24)(H,20,23)(H,21,22). The number of fused-ring (bicyclic) bond motifs is 1. The zero-order valence-electron chi connectivity index (χ0n) is 13.9. The second kappa shape index (κ2) is 7.47. The van der Waals surface area contributed by atoms with Gasteiger partial charge in [-0.05, 0) is 24.3 Å². The average molecular weight is 352 g/mol. The minimum absolute atomic E-state index is 0.120. The SMILES string of the molecule is CNC(=O)c1cccc(NC(=O)COC(=O)c2n[nH]c3ccccc23)c1. The molecule has 0 aliphatic rings. The summed E-state index contributed by atoms with van der Waals surface area (Å²) in [5.41, 5.74) is 1.66. The number of aromatic nitrogens is 2. The molecular weight excluding hydrogens is 336 g/mol. The molecule has 0 saturated heterocycles. The third kappa shape index (κ3) is 3.69. The maximum absolute atomic E-state index is 12.1. The maximum atomic E-state index is 12.1. The van der Waals surface area contributed by atoms with Crippen molar-refractivity contribution in [2.75, 3.05) is 19.0 Å².